The first-order valence-electron chi connectivity index (χ1n) is 4.95. The van der Waals surface area contributed by atoms with E-state index < -0.39 is 0 Å². The quantitative estimate of drug-likeness (QED) is 0.840. The van der Waals surface area contributed by atoms with Crippen LogP contribution in [0.5, 0.6) is 0 Å². The van der Waals surface area contributed by atoms with Crippen LogP contribution in [-0.4, -0.2) is 24.5 Å². The number of hydrogen-bond acceptors (Lipinski definition) is 3. The largest absolute Gasteiger partial charge is 0.370 e. The summed E-state index contributed by atoms with van der Waals surface area (Å²) in [5, 5.41) is 1.13. The van der Waals surface area contributed by atoms with Gasteiger partial charge in [-0.1, -0.05) is 35.3 Å². The van der Waals surface area contributed by atoms with E-state index in [-0.39, 0.29) is 5.54 Å². The molecule has 0 bridgehead atoms. The molecule has 3 nitrogen and oxygen atoms in total. The van der Waals surface area contributed by atoms with Crippen molar-refractivity contribution in [3.63, 3.8) is 0 Å². The average molecular weight is 258 g/mol. The third-order valence-electron chi connectivity index (χ3n) is 3.16. The molecule has 0 aliphatic carbocycles. The van der Waals surface area contributed by atoms with E-state index in [9.17, 15) is 0 Å². The standard InChI is InChI=1S/C11H13Cl2N3/c1-11(6-15-10(14)16(11)2)7-4-3-5-8(12)9(7)13/h3-5H,6H2,1-2H3,(H2,14,15). The Morgan fingerprint density at radius 3 is 2.69 bits per heavy atom. The predicted molar refractivity (Wildman–Crippen MR) is 68.1 cm³/mol. The zero-order valence-electron chi connectivity index (χ0n) is 9.17. The van der Waals surface area contributed by atoms with Crippen molar-refractivity contribution in [2.24, 2.45) is 10.7 Å². The molecule has 0 radical (unpaired) electrons. The summed E-state index contributed by atoms with van der Waals surface area (Å²) in [7, 11) is 1.91. The molecular weight excluding hydrogens is 245 g/mol. The maximum Gasteiger partial charge on any atom is 0.191 e. The molecule has 0 saturated carbocycles. The van der Waals surface area contributed by atoms with Crippen molar-refractivity contribution in [2.45, 2.75) is 12.5 Å². The molecule has 0 aromatic heterocycles. The molecule has 0 spiro atoms. The summed E-state index contributed by atoms with van der Waals surface area (Å²) in [5.41, 5.74) is 6.42. The molecule has 1 aromatic carbocycles. The number of rotatable bonds is 1. The molecule has 0 amide bonds. The van der Waals surface area contributed by atoms with Crippen molar-refractivity contribution in [1.82, 2.24) is 4.90 Å². The van der Waals surface area contributed by atoms with E-state index in [1.807, 2.05) is 31.0 Å². The Hall–Kier alpha value is -0.930. The van der Waals surface area contributed by atoms with Gasteiger partial charge < -0.3 is 10.6 Å². The Morgan fingerprint density at radius 1 is 1.44 bits per heavy atom. The van der Waals surface area contributed by atoms with Gasteiger partial charge in [0.05, 0.1) is 22.1 Å². The molecule has 86 valence electrons. The highest BCUT2D eigenvalue weighted by atomic mass is 35.5. The van der Waals surface area contributed by atoms with Crippen molar-refractivity contribution in [3.05, 3.63) is 33.8 Å². The fourth-order valence-corrected chi connectivity index (χ4v) is 2.39. The van der Waals surface area contributed by atoms with Gasteiger partial charge in [0, 0.05) is 7.05 Å². The summed E-state index contributed by atoms with van der Waals surface area (Å²) in [6, 6.07) is 5.62. The summed E-state index contributed by atoms with van der Waals surface area (Å²) >= 11 is 12.2. The third kappa shape index (κ3) is 1.55. The van der Waals surface area contributed by atoms with E-state index in [1.54, 1.807) is 6.07 Å². The zero-order chi connectivity index (χ0) is 11.9. The lowest BCUT2D eigenvalue weighted by molar-refractivity contribution is 0.267. The van der Waals surface area contributed by atoms with E-state index >= 15 is 0 Å². The van der Waals surface area contributed by atoms with Gasteiger partial charge in [0.25, 0.3) is 0 Å². The smallest absolute Gasteiger partial charge is 0.191 e. The Kier molecular flexibility index (Phi) is 2.76. The van der Waals surface area contributed by atoms with Crippen molar-refractivity contribution in [1.29, 1.82) is 0 Å². The van der Waals surface area contributed by atoms with Crippen LogP contribution < -0.4 is 5.73 Å². The number of hydrogen-bond donors (Lipinski definition) is 1. The van der Waals surface area contributed by atoms with Crippen molar-refractivity contribution in [3.8, 4) is 0 Å². The zero-order valence-corrected chi connectivity index (χ0v) is 10.7. The summed E-state index contributed by atoms with van der Waals surface area (Å²) < 4.78 is 0. The lowest BCUT2D eigenvalue weighted by Gasteiger charge is -2.34. The van der Waals surface area contributed by atoms with E-state index in [0.717, 1.165) is 5.56 Å². The molecule has 1 aliphatic rings. The Morgan fingerprint density at radius 2 is 2.12 bits per heavy atom. The van der Waals surface area contributed by atoms with Gasteiger partial charge in [0.1, 0.15) is 0 Å². The number of nitrogens with zero attached hydrogens (tertiary/aromatic N) is 2. The topological polar surface area (TPSA) is 41.6 Å². The van der Waals surface area contributed by atoms with Crippen LogP contribution in [0.25, 0.3) is 0 Å². The Balaban J connectivity index is 2.50. The first kappa shape index (κ1) is 11.6. The molecule has 2 N–H and O–H groups in total. The summed E-state index contributed by atoms with van der Waals surface area (Å²) in [6.45, 7) is 2.64. The highest BCUT2D eigenvalue weighted by molar-refractivity contribution is 6.42. The van der Waals surface area contributed by atoms with Gasteiger partial charge in [0.2, 0.25) is 0 Å². The fraction of sp³-hybridized carbons (Fsp3) is 0.364. The molecule has 1 atom stereocenters. The van der Waals surface area contributed by atoms with Crippen LogP contribution in [-0.2, 0) is 5.54 Å². The minimum Gasteiger partial charge on any atom is -0.370 e. The van der Waals surface area contributed by atoms with Crippen LogP contribution >= 0.6 is 23.2 Å². The number of guanidine groups is 1. The fourth-order valence-electron chi connectivity index (χ4n) is 1.89. The minimum atomic E-state index is -0.313. The van der Waals surface area contributed by atoms with Crippen LogP contribution in [0.2, 0.25) is 10.0 Å². The lowest BCUT2D eigenvalue weighted by Crippen LogP contribution is -2.44. The van der Waals surface area contributed by atoms with Gasteiger partial charge >= 0.3 is 0 Å². The van der Waals surface area contributed by atoms with Gasteiger partial charge in [-0.05, 0) is 18.6 Å². The highest BCUT2D eigenvalue weighted by Gasteiger charge is 2.38. The second kappa shape index (κ2) is 3.82. The van der Waals surface area contributed by atoms with Gasteiger partial charge in [-0.25, -0.2) is 0 Å². The first-order chi connectivity index (χ1) is 7.47. The minimum absolute atomic E-state index is 0.313. The second-order valence-electron chi connectivity index (χ2n) is 4.11. The molecule has 5 heteroatoms. The normalized spacial score (nSPS) is 24.8. The van der Waals surface area contributed by atoms with Crippen molar-refractivity contribution >= 4 is 29.2 Å². The van der Waals surface area contributed by atoms with Crippen LogP contribution in [0.4, 0.5) is 0 Å². The predicted octanol–water partition coefficient (Wildman–Crippen LogP) is 2.47. The van der Waals surface area contributed by atoms with Gasteiger partial charge in [-0.15, -0.1) is 0 Å². The molecule has 0 fully saturated rings. The molecule has 1 heterocycles. The van der Waals surface area contributed by atoms with Crippen molar-refractivity contribution < 1.29 is 0 Å². The van der Waals surface area contributed by atoms with Crippen LogP contribution in [0.3, 0.4) is 0 Å². The van der Waals surface area contributed by atoms with E-state index in [1.165, 1.54) is 0 Å². The van der Waals surface area contributed by atoms with Gasteiger partial charge in [-0.3, -0.25) is 4.99 Å². The molecule has 16 heavy (non-hydrogen) atoms. The van der Waals surface area contributed by atoms with Gasteiger partial charge in [-0.2, -0.15) is 0 Å². The number of nitrogens with two attached hydrogens (primary N) is 1. The number of aliphatic imine (C=N–C) groups is 1. The molecule has 1 aliphatic heterocycles. The number of likely N-dealkylation sites (N-methyl/N-ethyl adjacent to an activating group) is 1. The molecular formula is C11H13Cl2N3. The van der Waals surface area contributed by atoms with Crippen LogP contribution in [0.1, 0.15) is 12.5 Å². The summed E-state index contributed by atoms with van der Waals surface area (Å²) in [5.74, 6) is 0.526. The van der Waals surface area contributed by atoms with Gasteiger partial charge in [0.15, 0.2) is 5.96 Å². The molecule has 1 aromatic rings. The number of halogens is 2. The lowest BCUT2D eigenvalue weighted by atomic mass is 9.91. The van der Waals surface area contributed by atoms with E-state index in [0.29, 0.717) is 22.5 Å². The first-order valence-corrected chi connectivity index (χ1v) is 5.70. The van der Waals surface area contributed by atoms with Crippen LogP contribution in [0, 0.1) is 0 Å². The average Bonchev–Trinajstić information content (AvgIpc) is 2.51. The van der Waals surface area contributed by atoms with E-state index in [4.69, 9.17) is 28.9 Å². The molecule has 0 saturated heterocycles. The number of benzene rings is 1. The summed E-state index contributed by atoms with van der Waals surface area (Å²) in [4.78, 5) is 6.16. The third-order valence-corrected chi connectivity index (χ3v) is 3.98. The SMILES string of the molecule is CN1C(N)=NCC1(C)c1cccc(Cl)c1Cl. The maximum absolute atomic E-state index is 6.23. The highest BCUT2D eigenvalue weighted by Crippen LogP contribution is 2.38. The van der Waals surface area contributed by atoms with Crippen molar-refractivity contribution in [2.75, 3.05) is 13.6 Å². The summed E-state index contributed by atoms with van der Waals surface area (Å²) in [6.07, 6.45) is 0. The van der Waals surface area contributed by atoms with Crippen LogP contribution in [0.15, 0.2) is 23.2 Å². The Labute approximate surface area is 105 Å². The second-order valence-corrected chi connectivity index (χ2v) is 4.89. The monoisotopic (exact) mass is 257 g/mol. The molecule has 2 rings (SSSR count). The Bertz CT molecular complexity index is 459. The maximum atomic E-state index is 6.23. The van der Waals surface area contributed by atoms with E-state index in [2.05, 4.69) is 4.99 Å². The molecule has 1 unspecified atom stereocenters.